The first kappa shape index (κ1) is 21.7. The van der Waals surface area contributed by atoms with Crippen molar-refractivity contribution < 1.29 is 9.47 Å². The fraction of sp³-hybridized carbons (Fsp3) is 0.417. The molecule has 2 atom stereocenters. The molecule has 0 radical (unpaired) electrons. The second-order valence-corrected chi connectivity index (χ2v) is 8.04. The van der Waals surface area contributed by atoms with E-state index >= 15 is 0 Å². The summed E-state index contributed by atoms with van der Waals surface area (Å²) in [4.78, 5) is 4.53. The number of rotatable bonds is 10. The van der Waals surface area contributed by atoms with Crippen LogP contribution in [0.25, 0.3) is 0 Å². The molecule has 160 valence electrons. The van der Waals surface area contributed by atoms with E-state index in [9.17, 15) is 0 Å². The Bertz CT molecular complexity index is 847. The Morgan fingerprint density at radius 2 is 1.57 bits per heavy atom. The molecule has 2 aromatic carbocycles. The highest BCUT2D eigenvalue weighted by atomic mass is 16.5. The van der Waals surface area contributed by atoms with Gasteiger partial charge in [0.2, 0.25) is 0 Å². The van der Waals surface area contributed by atoms with Gasteiger partial charge in [0.05, 0.1) is 13.2 Å². The van der Waals surface area contributed by atoms with Crippen molar-refractivity contribution in [1.82, 2.24) is 5.32 Å². The summed E-state index contributed by atoms with van der Waals surface area (Å²) in [6, 6.07) is 15.5. The normalized spacial score (nSPS) is 15.5. The SMILES string of the molecule is CC(COc1ccc(C2=NCCCN2)cc1)C[C@H](C)COc1ccc(C(=N)N)cc1. The van der Waals surface area contributed by atoms with Crippen molar-refractivity contribution in [2.75, 3.05) is 26.3 Å². The first-order valence-electron chi connectivity index (χ1n) is 10.6. The van der Waals surface area contributed by atoms with Crippen LogP contribution in [0.1, 0.15) is 37.8 Å². The third-order valence-corrected chi connectivity index (χ3v) is 5.06. The largest absolute Gasteiger partial charge is 0.493 e. The molecule has 6 heteroatoms. The van der Waals surface area contributed by atoms with Gasteiger partial charge in [-0.15, -0.1) is 0 Å². The van der Waals surface area contributed by atoms with E-state index in [1.165, 1.54) is 0 Å². The Balaban J connectivity index is 1.38. The summed E-state index contributed by atoms with van der Waals surface area (Å²) in [6.07, 6.45) is 2.11. The van der Waals surface area contributed by atoms with Crippen molar-refractivity contribution in [3.05, 3.63) is 59.7 Å². The molecule has 0 amide bonds. The van der Waals surface area contributed by atoms with Crippen LogP contribution in [0.15, 0.2) is 53.5 Å². The van der Waals surface area contributed by atoms with Crippen LogP contribution >= 0.6 is 0 Å². The molecule has 0 spiro atoms. The molecule has 0 saturated heterocycles. The topological polar surface area (TPSA) is 92.7 Å². The van der Waals surface area contributed by atoms with Crippen molar-refractivity contribution in [3.8, 4) is 11.5 Å². The zero-order valence-electron chi connectivity index (χ0n) is 17.9. The first-order valence-corrected chi connectivity index (χ1v) is 10.6. The summed E-state index contributed by atoms with van der Waals surface area (Å²) < 4.78 is 11.8. The summed E-state index contributed by atoms with van der Waals surface area (Å²) in [5, 5.41) is 10.8. The van der Waals surface area contributed by atoms with Crippen LogP contribution in [0, 0.1) is 17.2 Å². The van der Waals surface area contributed by atoms with Crippen LogP contribution in [0.3, 0.4) is 0 Å². The van der Waals surface area contributed by atoms with Crippen LogP contribution < -0.4 is 20.5 Å². The maximum atomic E-state index is 7.43. The highest BCUT2D eigenvalue weighted by Crippen LogP contribution is 2.19. The Morgan fingerprint density at radius 3 is 2.07 bits per heavy atom. The summed E-state index contributed by atoms with van der Waals surface area (Å²) >= 11 is 0. The molecular weight excluding hydrogens is 376 g/mol. The molecule has 1 unspecified atom stereocenters. The van der Waals surface area contributed by atoms with Crippen molar-refractivity contribution >= 4 is 11.7 Å². The molecule has 4 N–H and O–H groups in total. The number of aliphatic imine (C=N–C) groups is 1. The number of benzene rings is 2. The van der Waals surface area contributed by atoms with Gasteiger partial charge >= 0.3 is 0 Å². The van der Waals surface area contributed by atoms with Crippen molar-refractivity contribution in [1.29, 1.82) is 5.41 Å². The second-order valence-electron chi connectivity index (χ2n) is 8.04. The third-order valence-electron chi connectivity index (χ3n) is 5.06. The van der Waals surface area contributed by atoms with E-state index in [1.807, 2.05) is 24.3 Å². The van der Waals surface area contributed by atoms with Gasteiger partial charge in [-0.3, -0.25) is 10.4 Å². The molecule has 0 bridgehead atoms. The first-order chi connectivity index (χ1) is 14.5. The highest BCUT2D eigenvalue weighted by Gasteiger charge is 2.12. The monoisotopic (exact) mass is 408 g/mol. The molecule has 0 saturated carbocycles. The van der Waals surface area contributed by atoms with Gasteiger partial charge in [0.1, 0.15) is 23.2 Å². The minimum atomic E-state index is 0.0674. The average molecular weight is 409 g/mol. The van der Waals surface area contributed by atoms with E-state index in [0.29, 0.717) is 30.6 Å². The summed E-state index contributed by atoms with van der Waals surface area (Å²) in [7, 11) is 0. The number of nitrogens with zero attached hydrogens (tertiary/aromatic N) is 1. The fourth-order valence-electron chi connectivity index (χ4n) is 3.47. The third kappa shape index (κ3) is 6.51. The lowest BCUT2D eigenvalue weighted by molar-refractivity contribution is 0.198. The van der Waals surface area contributed by atoms with E-state index in [1.54, 1.807) is 12.1 Å². The van der Waals surface area contributed by atoms with Gasteiger partial charge in [0.25, 0.3) is 0 Å². The maximum Gasteiger partial charge on any atom is 0.128 e. The van der Waals surface area contributed by atoms with Gasteiger partial charge in [-0.1, -0.05) is 13.8 Å². The van der Waals surface area contributed by atoms with Gasteiger partial charge in [-0.25, -0.2) is 0 Å². The summed E-state index contributed by atoms with van der Waals surface area (Å²) in [6.45, 7) is 7.59. The van der Waals surface area contributed by atoms with Crippen molar-refractivity contribution in [2.24, 2.45) is 22.6 Å². The number of nitrogens with one attached hydrogen (secondary N) is 2. The van der Waals surface area contributed by atoms with E-state index in [2.05, 4.69) is 36.3 Å². The molecule has 2 aromatic rings. The Kier molecular flexibility index (Phi) is 7.71. The number of ether oxygens (including phenoxy) is 2. The van der Waals surface area contributed by atoms with Gasteiger partial charge in [-0.05, 0) is 73.2 Å². The van der Waals surface area contributed by atoms with Crippen LogP contribution in [0.4, 0.5) is 0 Å². The standard InChI is InChI=1S/C24H32N4O2/c1-17(15-29-21-8-4-19(5-9-21)23(25)26)14-18(2)16-30-22-10-6-20(7-11-22)24-27-12-3-13-28-24/h4-11,17-18H,3,12-16H2,1-2H3,(H3,25,26)(H,27,28)/t17-,18?/m0/s1. The minimum absolute atomic E-state index is 0.0674. The lowest BCUT2D eigenvalue weighted by Gasteiger charge is -2.19. The van der Waals surface area contributed by atoms with E-state index in [0.717, 1.165) is 48.8 Å². The number of hydrogen-bond donors (Lipinski definition) is 3. The molecule has 0 aromatic heterocycles. The number of nitrogens with two attached hydrogens (primary N) is 1. The zero-order valence-corrected chi connectivity index (χ0v) is 17.9. The van der Waals surface area contributed by atoms with Crippen LogP contribution in [-0.4, -0.2) is 38.0 Å². The molecule has 0 aliphatic carbocycles. The molecule has 1 aliphatic heterocycles. The van der Waals surface area contributed by atoms with Gasteiger partial charge in [-0.2, -0.15) is 0 Å². The summed E-state index contributed by atoms with van der Waals surface area (Å²) in [5.41, 5.74) is 7.29. The highest BCUT2D eigenvalue weighted by molar-refractivity contribution is 5.99. The Labute approximate surface area is 179 Å². The van der Waals surface area contributed by atoms with Gasteiger partial charge in [0, 0.05) is 24.2 Å². The van der Waals surface area contributed by atoms with Crippen LogP contribution in [0.5, 0.6) is 11.5 Å². The zero-order chi connectivity index (χ0) is 21.3. The molecule has 3 rings (SSSR count). The Hall–Kier alpha value is -3.02. The van der Waals surface area contributed by atoms with Gasteiger partial charge in [0.15, 0.2) is 0 Å². The molecule has 30 heavy (non-hydrogen) atoms. The fourth-order valence-corrected chi connectivity index (χ4v) is 3.47. The van der Waals surface area contributed by atoms with Gasteiger partial charge < -0.3 is 20.5 Å². The second kappa shape index (κ2) is 10.7. The maximum absolute atomic E-state index is 7.43. The predicted octanol–water partition coefficient (Wildman–Crippen LogP) is 3.83. The number of amidine groups is 2. The van der Waals surface area contributed by atoms with E-state index in [-0.39, 0.29) is 5.84 Å². The summed E-state index contributed by atoms with van der Waals surface area (Å²) in [5.74, 6) is 3.56. The minimum Gasteiger partial charge on any atom is -0.493 e. The van der Waals surface area contributed by atoms with E-state index < -0.39 is 0 Å². The van der Waals surface area contributed by atoms with Crippen molar-refractivity contribution in [2.45, 2.75) is 26.7 Å². The molecule has 0 fully saturated rings. The van der Waals surface area contributed by atoms with Crippen molar-refractivity contribution in [3.63, 3.8) is 0 Å². The molecular formula is C24H32N4O2. The number of hydrogen-bond acceptors (Lipinski definition) is 5. The smallest absolute Gasteiger partial charge is 0.128 e. The average Bonchev–Trinajstić information content (AvgIpc) is 2.77. The lowest BCUT2D eigenvalue weighted by Crippen LogP contribution is -2.30. The molecule has 6 nitrogen and oxygen atoms in total. The van der Waals surface area contributed by atoms with Crippen LogP contribution in [0.2, 0.25) is 0 Å². The quantitative estimate of drug-likeness (QED) is 0.411. The lowest BCUT2D eigenvalue weighted by atomic mass is 9.99. The predicted molar refractivity (Wildman–Crippen MR) is 122 cm³/mol. The molecule has 1 aliphatic rings. The number of nitrogen functional groups attached to an aromatic ring is 1. The van der Waals surface area contributed by atoms with E-state index in [4.69, 9.17) is 20.6 Å². The van der Waals surface area contributed by atoms with Crippen LogP contribution in [-0.2, 0) is 0 Å². The Morgan fingerprint density at radius 1 is 1.00 bits per heavy atom. The molecule has 1 heterocycles.